The van der Waals surface area contributed by atoms with Gasteiger partial charge in [-0.05, 0) is 81.2 Å². The summed E-state index contributed by atoms with van der Waals surface area (Å²) in [6, 6.07) is 78.4. The molecular weight excluding hydrogens is 803 g/mol. The van der Waals surface area contributed by atoms with E-state index in [1.165, 1.54) is 0 Å². The van der Waals surface area contributed by atoms with Crippen molar-refractivity contribution >= 4 is 32.6 Å². The third kappa shape index (κ3) is 7.34. The summed E-state index contributed by atoms with van der Waals surface area (Å²) in [6.45, 7) is 0. The molecule has 0 bridgehead atoms. The molecule has 0 N–H and O–H groups in total. The Morgan fingerprint density at radius 2 is 0.788 bits per heavy atom. The highest BCUT2D eigenvalue weighted by Crippen LogP contribution is 2.38. The maximum absolute atomic E-state index is 5.43. The van der Waals surface area contributed by atoms with Crippen LogP contribution in [0.25, 0.3) is 122 Å². The van der Waals surface area contributed by atoms with E-state index in [-0.39, 0.29) is 0 Å². The van der Waals surface area contributed by atoms with Gasteiger partial charge in [0, 0.05) is 56.4 Å². The van der Waals surface area contributed by atoms with Crippen LogP contribution in [0, 0.1) is 0 Å². The molecule has 0 atom stereocenters. The maximum atomic E-state index is 5.43. The van der Waals surface area contributed by atoms with Crippen LogP contribution in [-0.2, 0) is 0 Å². The topological polar surface area (TPSA) is 64.5 Å². The monoisotopic (exact) mass is 841 g/mol. The number of benzene rings is 8. The van der Waals surface area contributed by atoms with E-state index in [1.807, 2.05) is 36.7 Å². The highest BCUT2D eigenvalue weighted by atomic mass is 14.9. The Bertz CT molecular complexity index is 3750. The van der Waals surface area contributed by atoms with Crippen molar-refractivity contribution in [1.29, 1.82) is 0 Å². The van der Waals surface area contributed by atoms with Crippen LogP contribution >= 0.6 is 0 Å². The molecule has 0 aliphatic carbocycles. The Hall–Kier alpha value is -8.93. The van der Waals surface area contributed by atoms with Crippen molar-refractivity contribution in [2.75, 3.05) is 0 Å². The molecule has 4 aromatic heterocycles. The van der Waals surface area contributed by atoms with E-state index in [9.17, 15) is 0 Å². The first-order chi connectivity index (χ1) is 32.7. The highest BCUT2D eigenvalue weighted by molar-refractivity contribution is 6.10. The van der Waals surface area contributed by atoms with Crippen LogP contribution in [0.3, 0.4) is 0 Å². The van der Waals surface area contributed by atoms with Gasteiger partial charge in [0.15, 0.2) is 5.82 Å². The van der Waals surface area contributed by atoms with E-state index in [1.54, 1.807) is 0 Å². The molecule has 8 aromatic carbocycles. The summed E-state index contributed by atoms with van der Waals surface area (Å²) in [4.78, 5) is 25.4. The Labute approximate surface area is 382 Å². The quantitative estimate of drug-likeness (QED) is 0.143. The fraction of sp³-hybridized carbons (Fsp3) is 0. The van der Waals surface area contributed by atoms with Crippen LogP contribution in [0.2, 0.25) is 0 Å². The molecule has 0 fully saturated rings. The lowest BCUT2D eigenvalue weighted by atomic mass is 9.95. The fourth-order valence-corrected chi connectivity index (χ4v) is 9.04. The van der Waals surface area contributed by atoms with Crippen LogP contribution in [0.15, 0.2) is 237 Å². The van der Waals surface area contributed by atoms with Crippen molar-refractivity contribution in [3.63, 3.8) is 0 Å². The van der Waals surface area contributed by atoms with Gasteiger partial charge in [-0.2, -0.15) is 0 Å². The van der Waals surface area contributed by atoms with Gasteiger partial charge in [-0.25, -0.2) is 19.9 Å². The molecular formula is C61H39N5. The first-order valence-electron chi connectivity index (χ1n) is 22.1. The molecule has 0 aliphatic heterocycles. The lowest BCUT2D eigenvalue weighted by Crippen LogP contribution is -1.96. The predicted molar refractivity (Wildman–Crippen MR) is 271 cm³/mol. The van der Waals surface area contributed by atoms with Crippen LogP contribution < -0.4 is 0 Å². The molecule has 5 nitrogen and oxygen atoms in total. The van der Waals surface area contributed by atoms with Gasteiger partial charge in [0.05, 0.1) is 33.8 Å². The smallest absolute Gasteiger partial charge is 0.160 e. The fourth-order valence-electron chi connectivity index (χ4n) is 9.04. The average Bonchev–Trinajstić information content (AvgIpc) is 3.41. The molecule has 0 saturated heterocycles. The third-order valence-electron chi connectivity index (χ3n) is 12.4. The van der Waals surface area contributed by atoms with Crippen molar-refractivity contribution in [1.82, 2.24) is 24.9 Å². The van der Waals surface area contributed by atoms with Gasteiger partial charge in [0.2, 0.25) is 0 Å². The molecule has 0 unspecified atom stereocenters. The molecule has 12 rings (SSSR count). The first kappa shape index (κ1) is 38.7. The number of fused-ring (bicyclic) bond motifs is 4. The zero-order valence-corrected chi connectivity index (χ0v) is 35.8. The molecule has 0 amide bonds. The van der Waals surface area contributed by atoms with Gasteiger partial charge >= 0.3 is 0 Å². The van der Waals surface area contributed by atoms with Crippen LogP contribution in [0.4, 0.5) is 0 Å². The first-order valence-corrected chi connectivity index (χ1v) is 22.1. The number of nitrogens with zero attached hydrogens (tertiary/aromatic N) is 5. The van der Waals surface area contributed by atoms with Gasteiger partial charge in [-0.15, -0.1) is 0 Å². The number of aromatic nitrogens is 5. The summed E-state index contributed by atoms with van der Waals surface area (Å²) in [5.74, 6) is 0.673. The van der Waals surface area contributed by atoms with E-state index >= 15 is 0 Å². The Morgan fingerprint density at radius 3 is 1.47 bits per heavy atom. The maximum Gasteiger partial charge on any atom is 0.160 e. The second kappa shape index (κ2) is 16.6. The molecule has 5 heteroatoms. The number of hydrogen-bond acceptors (Lipinski definition) is 5. The highest BCUT2D eigenvalue weighted by Gasteiger charge is 2.17. The van der Waals surface area contributed by atoms with E-state index in [4.69, 9.17) is 19.9 Å². The molecule has 4 heterocycles. The molecule has 0 saturated carbocycles. The summed E-state index contributed by atoms with van der Waals surface area (Å²) in [5, 5.41) is 4.39. The summed E-state index contributed by atoms with van der Waals surface area (Å²) in [6.07, 6.45) is 3.77. The predicted octanol–water partition coefficient (Wildman–Crippen LogP) is 15.5. The Balaban J connectivity index is 0.963. The molecule has 0 spiro atoms. The SMILES string of the molecule is c1ccc(-c2ccc3ccc4c(-c5ccccc5)cc(-c5cccc(-c6cccc(-c7cc(-c8cccc(-c9cccc%10cnccc9%10)c8)nc(-c8ccccc8)n7)c6)c5)nc4c3n2)cc1. The van der Waals surface area contributed by atoms with Crippen molar-refractivity contribution < 1.29 is 0 Å². The standard InChI is InChI=1S/C61H39N5/c1-4-14-40(15-5-1)54-37-56(64-60-53(54)30-28-42-29-31-55(63-59(42)60)41-16-6-2-7-17-41)47-23-10-20-44(34-47)45-21-11-24-48(35-45)57-38-58(66-61(65-57)43-18-8-3-9-19-43)49-25-12-22-46(36-49)51-27-13-26-50-39-62-33-32-52(50)51/h1-39H. The van der Waals surface area contributed by atoms with Crippen LogP contribution in [0.1, 0.15) is 0 Å². The second-order valence-corrected chi connectivity index (χ2v) is 16.5. The number of rotatable bonds is 8. The van der Waals surface area contributed by atoms with Crippen LogP contribution in [0.5, 0.6) is 0 Å². The van der Waals surface area contributed by atoms with E-state index in [0.717, 1.165) is 117 Å². The molecule has 0 radical (unpaired) electrons. The number of hydrogen-bond donors (Lipinski definition) is 0. The zero-order chi connectivity index (χ0) is 43.8. The van der Waals surface area contributed by atoms with Crippen molar-refractivity contribution in [2.24, 2.45) is 0 Å². The lowest BCUT2D eigenvalue weighted by Gasteiger charge is -2.14. The second-order valence-electron chi connectivity index (χ2n) is 16.5. The van der Waals surface area contributed by atoms with E-state index < -0.39 is 0 Å². The molecule has 308 valence electrons. The van der Waals surface area contributed by atoms with Crippen molar-refractivity contribution in [2.45, 2.75) is 0 Å². The van der Waals surface area contributed by atoms with Gasteiger partial charge in [-0.1, -0.05) is 182 Å². The van der Waals surface area contributed by atoms with Gasteiger partial charge in [0.1, 0.15) is 0 Å². The van der Waals surface area contributed by atoms with Crippen molar-refractivity contribution in [3.8, 4) is 89.8 Å². The van der Waals surface area contributed by atoms with Gasteiger partial charge in [-0.3, -0.25) is 4.98 Å². The van der Waals surface area contributed by atoms with Crippen LogP contribution in [-0.4, -0.2) is 24.9 Å². The minimum absolute atomic E-state index is 0.673. The zero-order valence-electron chi connectivity index (χ0n) is 35.8. The van der Waals surface area contributed by atoms with Gasteiger partial charge < -0.3 is 0 Å². The molecule has 0 aliphatic rings. The summed E-state index contributed by atoms with van der Waals surface area (Å²) < 4.78 is 0. The summed E-state index contributed by atoms with van der Waals surface area (Å²) >= 11 is 0. The Morgan fingerprint density at radius 1 is 0.258 bits per heavy atom. The van der Waals surface area contributed by atoms with E-state index in [0.29, 0.717) is 5.82 Å². The van der Waals surface area contributed by atoms with Crippen molar-refractivity contribution in [3.05, 3.63) is 237 Å². The number of pyridine rings is 3. The lowest BCUT2D eigenvalue weighted by molar-refractivity contribution is 1.18. The largest absolute Gasteiger partial charge is 0.264 e. The van der Waals surface area contributed by atoms with Gasteiger partial charge in [0.25, 0.3) is 0 Å². The molecule has 66 heavy (non-hydrogen) atoms. The van der Waals surface area contributed by atoms with E-state index in [2.05, 4.69) is 205 Å². The minimum Gasteiger partial charge on any atom is -0.264 e. The average molecular weight is 842 g/mol. The summed E-state index contributed by atoms with van der Waals surface area (Å²) in [7, 11) is 0. The Kier molecular flexibility index (Phi) is 9.77. The summed E-state index contributed by atoms with van der Waals surface area (Å²) in [5.41, 5.74) is 17.0. The third-order valence-corrected chi connectivity index (χ3v) is 12.4. The normalized spacial score (nSPS) is 11.3. The minimum atomic E-state index is 0.673. The molecule has 12 aromatic rings.